The van der Waals surface area contributed by atoms with E-state index in [1.54, 1.807) is 0 Å². The van der Waals surface area contributed by atoms with E-state index >= 15 is 0 Å². The average Bonchev–Trinajstić information content (AvgIpc) is 2.73. The van der Waals surface area contributed by atoms with Crippen molar-refractivity contribution in [1.82, 2.24) is 14.4 Å². The second-order valence-corrected chi connectivity index (χ2v) is 4.49. The summed E-state index contributed by atoms with van der Waals surface area (Å²) in [7, 11) is 0. The first kappa shape index (κ1) is 13.7. The number of hydrogen-bond donors (Lipinski definition) is 0. The molecule has 19 heavy (non-hydrogen) atoms. The summed E-state index contributed by atoms with van der Waals surface area (Å²) in [6.45, 7) is 4.83. The molecule has 98 valence electrons. The molecule has 0 fully saturated rings. The standard InChI is InChI=1S/C14H15N4.BrH/c1-11-8-12(2)18-10-13(16-14(18)15-11)9-17-6-4-3-5-7-17;/h3-8,10H,9H2,1-2H3;1H/q+1;/p-1. The van der Waals surface area contributed by atoms with Gasteiger partial charge in [-0.25, -0.2) is 9.97 Å². The van der Waals surface area contributed by atoms with E-state index < -0.39 is 0 Å². The second kappa shape index (κ2) is 5.48. The van der Waals surface area contributed by atoms with Gasteiger partial charge in [-0.3, -0.25) is 4.40 Å². The molecule has 0 N–H and O–H groups in total. The Morgan fingerprint density at radius 1 is 1.11 bits per heavy atom. The van der Waals surface area contributed by atoms with Gasteiger partial charge in [-0.05, 0) is 19.9 Å². The minimum atomic E-state index is 0. The Morgan fingerprint density at radius 3 is 2.58 bits per heavy atom. The van der Waals surface area contributed by atoms with Gasteiger partial charge in [-0.2, -0.15) is 4.57 Å². The molecule has 3 aromatic rings. The van der Waals surface area contributed by atoms with Crippen LogP contribution in [0.5, 0.6) is 0 Å². The lowest BCUT2D eigenvalue weighted by Crippen LogP contribution is -3.00. The van der Waals surface area contributed by atoms with Gasteiger partial charge in [0.2, 0.25) is 5.78 Å². The van der Waals surface area contributed by atoms with Gasteiger partial charge in [-0.15, -0.1) is 0 Å². The summed E-state index contributed by atoms with van der Waals surface area (Å²) in [5.74, 6) is 0.777. The van der Waals surface area contributed by atoms with Gasteiger partial charge in [0.1, 0.15) is 5.69 Å². The van der Waals surface area contributed by atoms with Crippen LogP contribution in [-0.4, -0.2) is 14.4 Å². The minimum Gasteiger partial charge on any atom is -1.00 e. The third-order valence-electron chi connectivity index (χ3n) is 2.93. The molecule has 3 aromatic heterocycles. The van der Waals surface area contributed by atoms with Crippen LogP contribution in [0, 0.1) is 13.8 Å². The zero-order valence-electron chi connectivity index (χ0n) is 10.9. The van der Waals surface area contributed by atoms with E-state index in [9.17, 15) is 0 Å². The number of hydrogen-bond acceptors (Lipinski definition) is 2. The number of imidazole rings is 1. The fourth-order valence-corrected chi connectivity index (χ4v) is 2.12. The predicted octanol–water partition coefficient (Wildman–Crippen LogP) is -1.31. The van der Waals surface area contributed by atoms with E-state index in [1.807, 2.05) is 41.9 Å². The van der Waals surface area contributed by atoms with E-state index in [-0.39, 0.29) is 17.0 Å². The zero-order chi connectivity index (χ0) is 12.5. The quantitative estimate of drug-likeness (QED) is 0.550. The van der Waals surface area contributed by atoms with E-state index in [2.05, 4.69) is 33.7 Å². The lowest BCUT2D eigenvalue weighted by atomic mass is 10.3. The van der Waals surface area contributed by atoms with Crippen molar-refractivity contribution in [2.75, 3.05) is 0 Å². The average molecular weight is 319 g/mol. The first-order chi connectivity index (χ1) is 8.72. The lowest BCUT2D eigenvalue weighted by molar-refractivity contribution is -0.688. The maximum absolute atomic E-state index is 4.56. The molecule has 0 spiro atoms. The molecule has 0 aromatic carbocycles. The third kappa shape index (κ3) is 2.81. The van der Waals surface area contributed by atoms with Crippen molar-refractivity contribution >= 4 is 5.78 Å². The van der Waals surface area contributed by atoms with Gasteiger partial charge >= 0.3 is 0 Å². The Kier molecular flexibility index (Phi) is 3.95. The molecule has 5 heteroatoms. The normalized spacial score (nSPS) is 10.4. The summed E-state index contributed by atoms with van der Waals surface area (Å²) in [5.41, 5.74) is 3.19. The van der Waals surface area contributed by atoms with E-state index in [1.165, 1.54) is 0 Å². The molecule has 0 aliphatic heterocycles. The van der Waals surface area contributed by atoms with Crippen LogP contribution < -0.4 is 21.5 Å². The summed E-state index contributed by atoms with van der Waals surface area (Å²) in [6.07, 6.45) is 6.13. The smallest absolute Gasteiger partial charge is 0.234 e. The summed E-state index contributed by atoms with van der Waals surface area (Å²) >= 11 is 0. The van der Waals surface area contributed by atoms with Gasteiger partial charge in [-0.1, -0.05) is 6.07 Å². The summed E-state index contributed by atoms with van der Waals surface area (Å²) in [5, 5.41) is 0. The van der Waals surface area contributed by atoms with E-state index in [0.717, 1.165) is 29.4 Å². The Hall–Kier alpha value is -1.75. The molecule has 0 bridgehead atoms. The van der Waals surface area contributed by atoms with E-state index in [0.29, 0.717) is 0 Å². The van der Waals surface area contributed by atoms with Crippen molar-refractivity contribution in [2.45, 2.75) is 20.4 Å². The number of pyridine rings is 1. The van der Waals surface area contributed by atoms with Crippen LogP contribution in [0.2, 0.25) is 0 Å². The first-order valence-corrected chi connectivity index (χ1v) is 5.99. The fraction of sp³-hybridized carbons (Fsp3) is 0.214. The van der Waals surface area contributed by atoms with Gasteiger partial charge in [0, 0.05) is 29.7 Å². The molecule has 0 radical (unpaired) electrons. The van der Waals surface area contributed by atoms with Gasteiger partial charge in [0.05, 0.1) is 0 Å². The third-order valence-corrected chi connectivity index (χ3v) is 2.93. The number of nitrogens with zero attached hydrogens (tertiary/aromatic N) is 4. The van der Waals surface area contributed by atoms with Crippen LogP contribution in [0.15, 0.2) is 42.9 Å². The van der Waals surface area contributed by atoms with Crippen molar-refractivity contribution in [2.24, 2.45) is 0 Å². The predicted molar refractivity (Wildman–Crippen MR) is 68.2 cm³/mol. The topological polar surface area (TPSA) is 34.1 Å². The highest BCUT2D eigenvalue weighted by Crippen LogP contribution is 2.08. The molecule has 0 unspecified atom stereocenters. The van der Waals surface area contributed by atoms with Crippen LogP contribution in [-0.2, 0) is 6.54 Å². The van der Waals surface area contributed by atoms with Crippen molar-refractivity contribution < 1.29 is 21.5 Å². The molecule has 0 saturated carbocycles. The monoisotopic (exact) mass is 318 g/mol. The Labute approximate surface area is 122 Å². The molecule has 0 saturated heterocycles. The second-order valence-electron chi connectivity index (χ2n) is 4.49. The molecule has 0 atom stereocenters. The van der Waals surface area contributed by atoms with Crippen molar-refractivity contribution in [3.8, 4) is 0 Å². The highest BCUT2D eigenvalue weighted by molar-refractivity contribution is 5.34. The molecule has 0 aliphatic rings. The first-order valence-electron chi connectivity index (χ1n) is 5.99. The highest BCUT2D eigenvalue weighted by atomic mass is 79.9. The van der Waals surface area contributed by atoms with Crippen LogP contribution in [0.1, 0.15) is 17.1 Å². The number of aromatic nitrogens is 4. The van der Waals surface area contributed by atoms with Crippen LogP contribution in [0.3, 0.4) is 0 Å². The molecule has 0 aliphatic carbocycles. The Morgan fingerprint density at radius 2 is 1.84 bits per heavy atom. The number of halogens is 1. The highest BCUT2D eigenvalue weighted by Gasteiger charge is 2.09. The summed E-state index contributed by atoms with van der Waals surface area (Å²) in [4.78, 5) is 9.00. The van der Waals surface area contributed by atoms with Crippen molar-refractivity contribution in [3.05, 3.63) is 59.9 Å². The van der Waals surface area contributed by atoms with Gasteiger partial charge in [0.25, 0.3) is 0 Å². The lowest BCUT2D eigenvalue weighted by Gasteiger charge is -1.98. The number of rotatable bonds is 2. The van der Waals surface area contributed by atoms with Gasteiger partial charge in [0.15, 0.2) is 18.9 Å². The molecule has 0 amide bonds. The zero-order valence-corrected chi connectivity index (χ0v) is 12.5. The fourth-order valence-electron chi connectivity index (χ4n) is 2.12. The van der Waals surface area contributed by atoms with Crippen molar-refractivity contribution in [1.29, 1.82) is 0 Å². The molecular formula is C14H15BrN4. The largest absolute Gasteiger partial charge is 1.00 e. The van der Waals surface area contributed by atoms with Crippen LogP contribution in [0.25, 0.3) is 5.78 Å². The number of fused-ring (bicyclic) bond motifs is 1. The molecule has 3 rings (SSSR count). The Balaban J connectivity index is 0.00000133. The van der Waals surface area contributed by atoms with Crippen molar-refractivity contribution in [3.63, 3.8) is 0 Å². The van der Waals surface area contributed by atoms with Gasteiger partial charge < -0.3 is 17.0 Å². The molecule has 4 nitrogen and oxygen atoms in total. The SMILES string of the molecule is Cc1cc(C)n2cc(C[n+]3ccccc3)nc2n1.[Br-]. The van der Waals surface area contributed by atoms with Crippen LogP contribution >= 0.6 is 0 Å². The molecular weight excluding hydrogens is 304 g/mol. The van der Waals surface area contributed by atoms with Crippen LogP contribution in [0.4, 0.5) is 0 Å². The number of aryl methyl sites for hydroxylation is 2. The minimum absolute atomic E-state index is 0. The summed E-state index contributed by atoms with van der Waals surface area (Å²) < 4.78 is 4.13. The summed E-state index contributed by atoms with van der Waals surface area (Å²) in [6, 6.07) is 8.11. The van der Waals surface area contributed by atoms with E-state index in [4.69, 9.17) is 0 Å². The maximum atomic E-state index is 4.56. The Bertz CT molecular complexity index is 691. The molecule has 3 heterocycles. The maximum Gasteiger partial charge on any atom is 0.234 e.